The molecule has 0 unspecified atom stereocenters. The van der Waals surface area contributed by atoms with Crippen LogP contribution in [0.3, 0.4) is 0 Å². The zero-order valence-corrected chi connectivity index (χ0v) is 8.66. The van der Waals surface area contributed by atoms with E-state index in [1.807, 2.05) is 5.38 Å². The number of ether oxygens (including phenoxy) is 1. The first-order valence-electron chi connectivity index (χ1n) is 4.25. The fourth-order valence-electron chi connectivity index (χ4n) is 1.09. The Morgan fingerprint density at radius 3 is 3.47 bits per heavy atom. The third-order valence-electron chi connectivity index (χ3n) is 1.72. The zero-order valence-electron chi connectivity index (χ0n) is 7.84. The summed E-state index contributed by atoms with van der Waals surface area (Å²) in [6, 6.07) is 0. The molecule has 5 nitrogen and oxygen atoms in total. The van der Waals surface area contributed by atoms with Crippen LogP contribution in [0, 0.1) is 0 Å². The second-order valence-electron chi connectivity index (χ2n) is 2.73. The average molecular weight is 223 g/mol. The first-order chi connectivity index (χ1) is 7.31. The lowest BCUT2D eigenvalue weighted by atomic mass is 10.7. The van der Waals surface area contributed by atoms with Crippen LogP contribution < -0.4 is 5.32 Å². The van der Waals surface area contributed by atoms with Gasteiger partial charge in [0.15, 0.2) is 0 Å². The molecular formula is C9H9N3O2S. The van der Waals surface area contributed by atoms with E-state index in [0.29, 0.717) is 5.82 Å². The number of thiazole rings is 1. The number of fused-ring (bicyclic) bond motifs is 1. The number of carbonyl (C=O) groups is 1. The molecule has 0 bridgehead atoms. The monoisotopic (exact) mass is 223 g/mol. The maximum absolute atomic E-state index is 11.2. The fourth-order valence-corrected chi connectivity index (χ4v) is 1.87. The summed E-state index contributed by atoms with van der Waals surface area (Å²) in [4.78, 5) is 16.1. The third-order valence-corrected chi connectivity index (χ3v) is 2.60. The average Bonchev–Trinajstić information content (AvgIpc) is 2.80. The molecule has 0 aromatic carbocycles. The van der Waals surface area contributed by atoms with E-state index in [1.165, 1.54) is 17.4 Å². The van der Waals surface area contributed by atoms with Crippen molar-refractivity contribution in [2.45, 2.75) is 0 Å². The summed E-state index contributed by atoms with van der Waals surface area (Å²) in [5.74, 6) is 0.654. The summed E-state index contributed by atoms with van der Waals surface area (Å²) in [7, 11) is 0. The van der Waals surface area contributed by atoms with Crippen LogP contribution in [0.5, 0.6) is 0 Å². The van der Waals surface area contributed by atoms with E-state index in [1.54, 1.807) is 16.9 Å². The molecule has 2 aromatic heterocycles. The fraction of sp³-hybridized carbons (Fsp3) is 0.111. The standard InChI is InChI=1S/C9H9N3O2S/c1-2-3-14-9(13)11-7-5-15-8-4-10-6-12(7)8/h2,4-6H,1,3H2,(H,11,13). The summed E-state index contributed by atoms with van der Waals surface area (Å²) >= 11 is 1.50. The van der Waals surface area contributed by atoms with Crippen molar-refractivity contribution in [2.75, 3.05) is 11.9 Å². The summed E-state index contributed by atoms with van der Waals surface area (Å²) in [5, 5.41) is 4.44. The van der Waals surface area contributed by atoms with E-state index in [4.69, 9.17) is 4.74 Å². The molecule has 0 radical (unpaired) electrons. The predicted octanol–water partition coefficient (Wildman–Crippen LogP) is 2.13. The summed E-state index contributed by atoms with van der Waals surface area (Å²) in [6.45, 7) is 3.65. The summed E-state index contributed by atoms with van der Waals surface area (Å²) < 4.78 is 6.57. The molecule has 2 rings (SSSR count). The number of hydrogen-bond acceptors (Lipinski definition) is 4. The molecule has 0 saturated carbocycles. The lowest BCUT2D eigenvalue weighted by molar-refractivity contribution is 0.174. The number of hydrogen-bond donors (Lipinski definition) is 1. The second kappa shape index (κ2) is 4.14. The lowest BCUT2D eigenvalue weighted by Gasteiger charge is -2.03. The van der Waals surface area contributed by atoms with Gasteiger partial charge in [-0.2, -0.15) is 0 Å². The molecule has 2 aromatic rings. The highest BCUT2D eigenvalue weighted by molar-refractivity contribution is 7.16. The van der Waals surface area contributed by atoms with E-state index in [0.717, 1.165) is 4.83 Å². The molecule has 0 saturated heterocycles. The summed E-state index contributed by atoms with van der Waals surface area (Å²) in [5.41, 5.74) is 0. The molecule has 0 atom stereocenters. The van der Waals surface area contributed by atoms with Gasteiger partial charge in [-0.25, -0.2) is 9.78 Å². The van der Waals surface area contributed by atoms with Gasteiger partial charge < -0.3 is 4.74 Å². The molecule has 1 amide bonds. The minimum absolute atomic E-state index is 0.197. The predicted molar refractivity (Wildman–Crippen MR) is 58.2 cm³/mol. The van der Waals surface area contributed by atoms with Crippen LogP contribution in [0.15, 0.2) is 30.6 Å². The maximum atomic E-state index is 11.2. The van der Waals surface area contributed by atoms with Gasteiger partial charge in [0.05, 0.1) is 6.20 Å². The number of nitrogens with one attached hydrogen (secondary N) is 1. The Morgan fingerprint density at radius 1 is 1.80 bits per heavy atom. The number of rotatable bonds is 3. The van der Waals surface area contributed by atoms with Crippen molar-refractivity contribution in [1.82, 2.24) is 9.38 Å². The number of anilines is 1. The molecule has 1 N–H and O–H groups in total. The molecule has 6 heteroatoms. The van der Waals surface area contributed by atoms with Gasteiger partial charge in [0.2, 0.25) is 0 Å². The molecule has 0 spiro atoms. The van der Waals surface area contributed by atoms with Gasteiger partial charge in [-0.05, 0) is 0 Å². The number of amides is 1. The molecule has 15 heavy (non-hydrogen) atoms. The van der Waals surface area contributed by atoms with Crippen LogP contribution in [0.25, 0.3) is 4.83 Å². The number of nitrogens with zero attached hydrogens (tertiary/aromatic N) is 2. The van der Waals surface area contributed by atoms with Gasteiger partial charge >= 0.3 is 6.09 Å². The van der Waals surface area contributed by atoms with Crippen LogP contribution in [-0.2, 0) is 4.74 Å². The van der Waals surface area contributed by atoms with Crippen molar-refractivity contribution in [1.29, 1.82) is 0 Å². The first kappa shape index (κ1) is 9.72. The molecule has 78 valence electrons. The Hall–Kier alpha value is -1.82. The Balaban J connectivity index is 2.09. The van der Waals surface area contributed by atoms with Crippen LogP contribution in [-0.4, -0.2) is 22.1 Å². The smallest absolute Gasteiger partial charge is 0.413 e. The number of imidazole rings is 1. The van der Waals surface area contributed by atoms with Gasteiger partial charge in [-0.1, -0.05) is 12.7 Å². The van der Waals surface area contributed by atoms with Crippen molar-refractivity contribution < 1.29 is 9.53 Å². The zero-order chi connectivity index (χ0) is 10.7. The first-order valence-corrected chi connectivity index (χ1v) is 5.13. The van der Waals surface area contributed by atoms with Crippen molar-refractivity contribution in [3.05, 3.63) is 30.6 Å². The van der Waals surface area contributed by atoms with Crippen molar-refractivity contribution in [2.24, 2.45) is 0 Å². The van der Waals surface area contributed by atoms with Crippen molar-refractivity contribution in [3.63, 3.8) is 0 Å². The van der Waals surface area contributed by atoms with Crippen molar-refractivity contribution >= 4 is 28.1 Å². The Kier molecular flexibility index (Phi) is 2.68. The van der Waals surface area contributed by atoms with Crippen LogP contribution >= 0.6 is 11.3 Å². The molecule has 0 fully saturated rings. The van der Waals surface area contributed by atoms with Gasteiger partial charge in [-0.15, -0.1) is 11.3 Å². The minimum atomic E-state index is -0.497. The van der Waals surface area contributed by atoms with Gasteiger partial charge in [0.1, 0.15) is 23.6 Å². The highest BCUT2D eigenvalue weighted by Gasteiger charge is 2.07. The normalized spacial score (nSPS) is 10.1. The molecule has 0 aliphatic heterocycles. The second-order valence-corrected chi connectivity index (χ2v) is 3.62. The Morgan fingerprint density at radius 2 is 2.67 bits per heavy atom. The van der Waals surface area contributed by atoms with Crippen LogP contribution in [0.4, 0.5) is 10.6 Å². The summed E-state index contributed by atoms with van der Waals surface area (Å²) in [6.07, 6.45) is 4.38. The van der Waals surface area contributed by atoms with Gasteiger partial charge in [0.25, 0.3) is 0 Å². The Labute approximate surface area is 90.0 Å². The minimum Gasteiger partial charge on any atom is -0.445 e. The third kappa shape index (κ3) is 1.99. The maximum Gasteiger partial charge on any atom is 0.413 e. The molecule has 0 aliphatic carbocycles. The molecule has 2 heterocycles. The topological polar surface area (TPSA) is 55.6 Å². The quantitative estimate of drug-likeness (QED) is 0.811. The highest BCUT2D eigenvalue weighted by Crippen LogP contribution is 2.19. The molecule has 0 aliphatic rings. The van der Waals surface area contributed by atoms with E-state index in [9.17, 15) is 4.79 Å². The van der Waals surface area contributed by atoms with E-state index >= 15 is 0 Å². The number of carbonyl (C=O) groups excluding carboxylic acids is 1. The van der Waals surface area contributed by atoms with Crippen molar-refractivity contribution in [3.8, 4) is 0 Å². The molecular weight excluding hydrogens is 214 g/mol. The van der Waals surface area contributed by atoms with E-state index in [-0.39, 0.29) is 6.61 Å². The van der Waals surface area contributed by atoms with E-state index < -0.39 is 6.09 Å². The van der Waals surface area contributed by atoms with Gasteiger partial charge in [-0.3, -0.25) is 9.72 Å². The highest BCUT2D eigenvalue weighted by atomic mass is 32.1. The lowest BCUT2D eigenvalue weighted by Crippen LogP contribution is -2.14. The Bertz CT molecular complexity index is 488. The SMILES string of the molecule is C=CCOC(=O)Nc1csc2cncn12. The van der Waals surface area contributed by atoms with Crippen LogP contribution in [0.1, 0.15) is 0 Å². The number of aromatic nitrogens is 2. The van der Waals surface area contributed by atoms with Crippen LogP contribution in [0.2, 0.25) is 0 Å². The van der Waals surface area contributed by atoms with Gasteiger partial charge in [0, 0.05) is 5.38 Å². The van der Waals surface area contributed by atoms with E-state index in [2.05, 4.69) is 16.9 Å². The largest absolute Gasteiger partial charge is 0.445 e.